The third kappa shape index (κ3) is 3.44. The van der Waals surface area contributed by atoms with Crippen LogP contribution >= 0.6 is 0 Å². The van der Waals surface area contributed by atoms with Gasteiger partial charge in [0.05, 0.1) is 24.7 Å². The molecule has 136 valence electrons. The van der Waals surface area contributed by atoms with Crippen molar-refractivity contribution in [1.82, 2.24) is 0 Å². The van der Waals surface area contributed by atoms with E-state index in [1.165, 1.54) is 10.6 Å². The standard InChI is InChI=1S/C19H25NO4S/c1-11-10-18(24-6)12(2)8-16(11)20(25(7,22)23)19-13(3)9-17(21)14(4)15(19)5/h8-10,21H,1-7H3. The highest BCUT2D eigenvalue weighted by Gasteiger charge is 2.27. The quantitative estimate of drug-likeness (QED) is 0.890. The molecule has 0 aliphatic carbocycles. The van der Waals surface area contributed by atoms with Gasteiger partial charge in [0.1, 0.15) is 11.5 Å². The molecular weight excluding hydrogens is 338 g/mol. The maximum atomic E-state index is 12.7. The van der Waals surface area contributed by atoms with E-state index in [2.05, 4.69) is 0 Å². The van der Waals surface area contributed by atoms with Crippen molar-refractivity contribution in [2.75, 3.05) is 17.7 Å². The molecule has 0 aromatic heterocycles. The van der Waals surface area contributed by atoms with E-state index < -0.39 is 10.0 Å². The van der Waals surface area contributed by atoms with E-state index in [0.29, 0.717) is 28.3 Å². The van der Waals surface area contributed by atoms with E-state index in [-0.39, 0.29) is 5.75 Å². The first-order valence-corrected chi connectivity index (χ1v) is 9.79. The largest absolute Gasteiger partial charge is 0.508 e. The Labute approximate surface area is 149 Å². The van der Waals surface area contributed by atoms with Crippen LogP contribution in [0.25, 0.3) is 0 Å². The predicted octanol–water partition coefficient (Wildman–Crippen LogP) is 4.04. The molecule has 0 saturated heterocycles. The number of benzene rings is 2. The maximum absolute atomic E-state index is 12.7. The van der Waals surface area contributed by atoms with Crippen LogP contribution in [0.3, 0.4) is 0 Å². The van der Waals surface area contributed by atoms with Crippen molar-refractivity contribution in [3.05, 3.63) is 46.0 Å². The molecule has 5 nitrogen and oxygen atoms in total. The Hall–Kier alpha value is -2.21. The fourth-order valence-electron chi connectivity index (χ4n) is 3.04. The van der Waals surface area contributed by atoms with Crippen LogP contribution in [0.5, 0.6) is 11.5 Å². The number of nitrogens with zero attached hydrogens (tertiary/aromatic N) is 1. The smallest absolute Gasteiger partial charge is 0.236 e. The van der Waals surface area contributed by atoms with Gasteiger partial charge in [-0.3, -0.25) is 0 Å². The number of rotatable bonds is 4. The fraction of sp³-hybridized carbons (Fsp3) is 0.368. The Balaban J connectivity index is 2.87. The third-order valence-electron chi connectivity index (χ3n) is 4.50. The fourth-order valence-corrected chi connectivity index (χ4v) is 4.20. The summed E-state index contributed by atoms with van der Waals surface area (Å²) in [5.74, 6) is 0.875. The van der Waals surface area contributed by atoms with Crippen LogP contribution < -0.4 is 9.04 Å². The summed E-state index contributed by atoms with van der Waals surface area (Å²) >= 11 is 0. The van der Waals surface area contributed by atoms with Gasteiger partial charge >= 0.3 is 0 Å². The summed E-state index contributed by atoms with van der Waals surface area (Å²) in [6, 6.07) is 5.25. The van der Waals surface area contributed by atoms with E-state index in [1.807, 2.05) is 32.9 Å². The molecule has 2 aromatic carbocycles. The first-order valence-electron chi connectivity index (χ1n) is 7.94. The predicted molar refractivity (Wildman–Crippen MR) is 102 cm³/mol. The minimum atomic E-state index is -3.59. The Kier molecular flexibility index (Phi) is 5.04. The average Bonchev–Trinajstić information content (AvgIpc) is 2.50. The van der Waals surface area contributed by atoms with E-state index >= 15 is 0 Å². The van der Waals surface area contributed by atoms with Gasteiger partial charge in [0, 0.05) is 0 Å². The van der Waals surface area contributed by atoms with E-state index in [9.17, 15) is 13.5 Å². The zero-order valence-corrected chi connectivity index (χ0v) is 16.6. The molecule has 0 bridgehead atoms. The molecular formula is C19H25NO4S. The Morgan fingerprint density at radius 3 is 2.04 bits per heavy atom. The molecule has 0 atom stereocenters. The maximum Gasteiger partial charge on any atom is 0.236 e. The van der Waals surface area contributed by atoms with Crippen LogP contribution in [0.15, 0.2) is 18.2 Å². The van der Waals surface area contributed by atoms with Gasteiger partial charge in [0.15, 0.2) is 0 Å². The zero-order chi connectivity index (χ0) is 19.1. The van der Waals surface area contributed by atoms with Crippen LogP contribution in [0.4, 0.5) is 11.4 Å². The van der Waals surface area contributed by atoms with E-state index in [1.54, 1.807) is 27.0 Å². The van der Waals surface area contributed by atoms with Crippen LogP contribution in [0.2, 0.25) is 0 Å². The Morgan fingerprint density at radius 1 is 0.920 bits per heavy atom. The molecule has 0 aliphatic rings. The van der Waals surface area contributed by atoms with Gasteiger partial charge in [0.25, 0.3) is 0 Å². The number of methoxy groups -OCH3 is 1. The monoisotopic (exact) mass is 363 g/mol. The number of aromatic hydroxyl groups is 1. The van der Waals surface area contributed by atoms with Gasteiger partial charge in [-0.2, -0.15) is 0 Å². The number of hydrogen-bond acceptors (Lipinski definition) is 4. The lowest BCUT2D eigenvalue weighted by atomic mass is 10.0. The first kappa shape index (κ1) is 19.1. The van der Waals surface area contributed by atoms with Crippen molar-refractivity contribution in [3.63, 3.8) is 0 Å². The summed E-state index contributed by atoms with van der Waals surface area (Å²) in [6.45, 7) is 9.13. The molecule has 0 fully saturated rings. The van der Waals surface area contributed by atoms with E-state index in [4.69, 9.17) is 4.74 Å². The normalized spacial score (nSPS) is 11.5. The van der Waals surface area contributed by atoms with Crippen molar-refractivity contribution in [3.8, 4) is 11.5 Å². The summed E-state index contributed by atoms with van der Waals surface area (Å²) < 4.78 is 32.1. The highest BCUT2D eigenvalue weighted by atomic mass is 32.2. The molecule has 0 aliphatic heterocycles. The summed E-state index contributed by atoms with van der Waals surface area (Å²) in [5, 5.41) is 10.0. The van der Waals surface area contributed by atoms with Crippen LogP contribution in [-0.4, -0.2) is 26.9 Å². The van der Waals surface area contributed by atoms with Gasteiger partial charge in [-0.15, -0.1) is 0 Å². The van der Waals surface area contributed by atoms with Crippen molar-refractivity contribution >= 4 is 21.4 Å². The molecule has 6 heteroatoms. The Bertz CT molecular complexity index is 933. The van der Waals surface area contributed by atoms with Crippen molar-refractivity contribution in [1.29, 1.82) is 0 Å². The molecule has 2 aromatic rings. The second-order valence-corrected chi connectivity index (χ2v) is 8.28. The number of hydrogen-bond donors (Lipinski definition) is 1. The number of ether oxygens (including phenoxy) is 1. The van der Waals surface area contributed by atoms with Crippen LogP contribution in [0.1, 0.15) is 27.8 Å². The molecule has 0 radical (unpaired) electrons. The minimum Gasteiger partial charge on any atom is -0.508 e. The highest BCUT2D eigenvalue weighted by Crippen LogP contribution is 2.41. The SMILES string of the molecule is COc1cc(C)c(N(c2c(C)cc(O)c(C)c2C)S(C)(=O)=O)cc1C. The number of phenolic OH excluding ortho intramolecular Hbond substituents is 1. The van der Waals surface area contributed by atoms with Gasteiger partial charge in [-0.25, -0.2) is 12.7 Å². The van der Waals surface area contributed by atoms with Gasteiger partial charge in [-0.05, 0) is 80.6 Å². The molecule has 2 rings (SSSR count). The number of sulfonamides is 1. The van der Waals surface area contributed by atoms with Crippen molar-refractivity contribution < 1.29 is 18.3 Å². The second kappa shape index (κ2) is 6.59. The third-order valence-corrected chi connectivity index (χ3v) is 5.54. The zero-order valence-electron chi connectivity index (χ0n) is 15.8. The average molecular weight is 363 g/mol. The highest BCUT2D eigenvalue weighted by molar-refractivity contribution is 7.92. The molecule has 0 spiro atoms. The summed E-state index contributed by atoms with van der Waals surface area (Å²) in [6.07, 6.45) is 1.19. The molecule has 1 N–H and O–H groups in total. The second-order valence-electron chi connectivity index (χ2n) is 6.45. The van der Waals surface area contributed by atoms with Gasteiger partial charge < -0.3 is 9.84 Å². The Morgan fingerprint density at radius 2 is 1.52 bits per heavy atom. The molecule has 0 unspecified atom stereocenters. The lowest BCUT2D eigenvalue weighted by Crippen LogP contribution is -2.27. The lowest BCUT2D eigenvalue weighted by molar-refractivity contribution is 0.411. The summed E-state index contributed by atoms with van der Waals surface area (Å²) in [5.41, 5.74) is 4.88. The molecule has 25 heavy (non-hydrogen) atoms. The van der Waals surface area contributed by atoms with Gasteiger partial charge in [-0.1, -0.05) is 0 Å². The molecule has 0 amide bonds. The molecule has 0 heterocycles. The number of aryl methyl sites for hydroxylation is 3. The first-order chi connectivity index (χ1) is 11.5. The van der Waals surface area contributed by atoms with Crippen LogP contribution in [-0.2, 0) is 10.0 Å². The van der Waals surface area contributed by atoms with Crippen molar-refractivity contribution in [2.24, 2.45) is 0 Å². The minimum absolute atomic E-state index is 0.162. The lowest BCUT2D eigenvalue weighted by Gasteiger charge is -2.29. The van der Waals surface area contributed by atoms with Gasteiger partial charge in [0.2, 0.25) is 10.0 Å². The van der Waals surface area contributed by atoms with Crippen molar-refractivity contribution in [2.45, 2.75) is 34.6 Å². The van der Waals surface area contributed by atoms with Crippen LogP contribution in [0, 0.1) is 34.6 Å². The summed E-state index contributed by atoms with van der Waals surface area (Å²) in [7, 11) is -2.00. The molecule has 0 saturated carbocycles. The number of phenols is 1. The van der Waals surface area contributed by atoms with E-state index in [0.717, 1.165) is 16.7 Å². The summed E-state index contributed by atoms with van der Waals surface area (Å²) in [4.78, 5) is 0. The topological polar surface area (TPSA) is 66.8 Å². The number of anilines is 2.